The van der Waals surface area contributed by atoms with Gasteiger partial charge in [0.15, 0.2) is 0 Å². The summed E-state index contributed by atoms with van der Waals surface area (Å²) >= 11 is 0. The van der Waals surface area contributed by atoms with Gasteiger partial charge in [0, 0.05) is 18.3 Å². The number of carbonyl (C=O) groups excluding carboxylic acids is 2. The lowest BCUT2D eigenvalue weighted by Gasteiger charge is -2.06. The van der Waals surface area contributed by atoms with E-state index < -0.39 is 0 Å². The molecule has 25 heavy (non-hydrogen) atoms. The second kappa shape index (κ2) is 9.04. The minimum absolute atomic E-state index is 0.151. The van der Waals surface area contributed by atoms with Crippen LogP contribution in [0.2, 0.25) is 0 Å². The molecule has 0 aliphatic rings. The topological polar surface area (TPSA) is 82.0 Å². The summed E-state index contributed by atoms with van der Waals surface area (Å²) in [5.41, 5.74) is 3.69. The highest BCUT2D eigenvalue weighted by Gasteiger charge is 2.01. The SMILES string of the molecule is Cc1ccc(/C=C/C(=O)Nc2ccc(CNC(=O)CC#N)cc2)cc1. The number of anilines is 1. The van der Waals surface area contributed by atoms with Crippen LogP contribution < -0.4 is 10.6 Å². The molecule has 0 unspecified atom stereocenters. The Morgan fingerprint density at radius 3 is 2.40 bits per heavy atom. The van der Waals surface area contributed by atoms with Crippen LogP contribution in [0.1, 0.15) is 23.1 Å². The molecule has 2 aromatic carbocycles. The van der Waals surface area contributed by atoms with Crippen molar-refractivity contribution < 1.29 is 9.59 Å². The van der Waals surface area contributed by atoms with Gasteiger partial charge in [-0.2, -0.15) is 5.26 Å². The van der Waals surface area contributed by atoms with Gasteiger partial charge in [-0.15, -0.1) is 0 Å². The Labute approximate surface area is 147 Å². The highest BCUT2D eigenvalue weighted by atomic mass is 16.2. The first-order valence-electron chi connectivity index (χ1n) is 7.85. The summed E-state index contributed by atoms with van der Waals surface area (Å²) in [6.07, 6.45) is 3.09. The van der Waals surface area contributed by atoms with Crippen LogP contribution in [0, 0.1) is 18.3 Å². The molecule has 0 aliphatic heterocycles. The van der Waals surface area contributed by atoms with Gasteiger partial charge in [0.2, 0.25) is 11.8 Å². The fourth-order valence-corrected chi connectivity index (χ4v) is 2.07. The summed E-state index contributed by atoms with van der Waals surface area (Å²) in [5.74, 6) is -0.517. The lowest BCUT2D eigenvalue weighted by molar-refractivity contribution is -0.120. The monoisotopic (exact) mass is 333 g/mol. The van der Waals surface area contributed by atoms with Gasteiger partial charge in [0.05, 0.1) is 6.07 Å². The number of carbonyl (C=O) groups is 2. The molecule has 5 heteroatoms. The molecule has 0 aromatic heterocycles. The number of benzene rings is 2. The van der Waals surface area contributed by atoms with E-state index in [1.165, 1.54) is 11.6 Å². The number of nitrogens with zero attached hydrogens (tertiary/aromatic N) is 1. The average molecular weight is 333 g/mol. The molecule has 2 aromatic rings. The van der Waals surface area contributed by atoms with E-state index in [0.717, 1.165) is 11.1 Å². The molecule has 0 radical (unpaired) electrons. The van der Waals surface area contributed by atoms with Gasteiger partial charge >= 0.3 is 0 Å². The van der Waals surface area contributed by atoms with E-state index in [9.17, 15) is 9.59 Å². The molecule has 0 aliphatic carbocycles. The highest BCUT2D eigenvalue weighted by molar-refractivity contribution is 6.01. The van der Waals surface area contributed by atoms with Crippen LogP contribution in [0.25, 0.3) is 6.08 Å². The molecule has 2 rings (SSSR count). The Kier molecular flexibility index (Phi) is 6.49. The maximum absolute atomic E-state index is 11.9. The van der Waals surface area contributed by atoms with Crippen molar-refractivity contribution in [3.8, 4) is 6.07 Å². The third-order valence-corrected chi connectivity index (χ3v) is 3.46. The van der Waals surface area contributed by atoms with Crippen LogP contribution in [-0.2, 0) is 16.1 Å². The van der Waals surface area contributed by atoms with Crippen molar-refractivity contribution in [2.75, 3.05) is 5.32 Å². The number of nitriles is 1. The molecule has 0 heterocycles. The summed E-state index contributed by atoms with van der Waals surface area (Å²) < 4.78 is 0. The third-order valence-electron chi connectivity index (χ3n) is 3.46. The predicted octanol–water partition coefficient (Wildman–Crippen LogP) is 3.18. The first-order valence-corrected chi connectivity index (χ1v) is 7.85. The number of nitrogens with one attached hydrogen (secondary N) is 2. The highest BCUT2D eigenvalue weighted by Crippen LogP contribution is 2.10. The van der Waals surface area contributed by atoms with Crippen molar-refractivity contribution in [2.24, 2.45) is 0 Å². The van der Waals surface area contributed by atoms with Gasteiger partial charge in [-0.1, -0.05) is 42.0 Å². The smallest absolute Gasteiger partial charge is 0.248 e. The van der Waals surface area contributed by atoms with E-state index in [2.05, 4.69) is 10.6 Å². The predicted molar refractivity (Wildman–Crippen MR) is 97.4 cm³/mol. The Morgan fingerprint density at radius 2 is 1.76 bits per heavy atom. The van der Waals surface area contributed by atoms with E-state index in [4.69, 9.17) is 5.26 Å². The third kappa shape index (κ3) is 6.32. The van der Waals surface area contributed by atoms with E-state index in [1.807, 2.05) is 43.3 Å². The molecule has 0 spiro atoms. The van der Waals surface area contributed by atoms with Crippen molar-refractivity contribution in [3.05, 3.63) is 71.3 Å². The van der Waals surface area contributed by atoms with Crippen LogP contribution in [0.3, 0.4) is 0 Å². The van der Waals surface area contributed by atoms with Crippen LogP contribution in [-0.4, -0.2) is 11.8 Å². The average Bonchev–Trinajstić information content (AvgIpc) is 2.61. The molecule has 2 amide bonds. The first-order chi connectivity index (χ1) is 12.1. The Hall–Kier alpha value is -3.39. The van der Waals surface area contributed by atoms with E-state index >= 15 is 0 Å². The number of aryl methyl sites for hydroxylation is 1. The van der Waals surface area contributed by atoms with Crippen LogP contribution in [0.15, 0.2) is 54.6 Å². The number of rotatable bonds is 6. The number of hydrogen-bond donors (Lipinski definition) is 2. The molecule has 2 N–H and O–H groups in total. The molecule has 5 nitrogen and oxygen atoms in total. The van der Waals surface area contributed by atoms with Gasteiger partial charge < -0.3 is 10.6 Å². The number of amides is 2. The lowest BCUT2D eigenvalue weighted by Crippen LogP contribution is -2.21. The zero-order chi connectivity index (χ0) is 18.1. The van der Waals surface area contributed by atoms with Crippen molar-refractivity contribution in [1.29, 1.82) is 5.26 Å². The summed E-state index contributed by atoms with van der Waals surface area (Å²) in [7, 11) is 0. The molecule has 0 fully saturated rings. The Morgan fingerprint density at radius 1 is 1.08 bits per heavy atom. The van der Waals surface area contributed by atoms with Crippen molar-refractivity contribution in [1.82, 2.24) is 5.32 Å². The molecular weight excluding hydrogens is 314 g/mol. The molecule has 0 atom stereocenters. The van der Waals surface area contributed by atoms with Gasteiger partial charge in [0.1, 0.15) is 6.42 Å². The van der Waals surface area contributed by atoms with Gasteiger partial charge in [-0.05, 0) is 36.3 Å². The standard InChI is InChI=1S/C20H19N3O2/c1-15-2-4-16(5-3-15)8-11-20(25)23-18-9-6-17(7-10-18)14-22-19(24)12-13-21/h2-11H,12,14H2,1H3,(H,22,24)(H,23,25)/b11-8+. The second-order valence-corrected chi connectivity index (χ2v) is 5.54. The zero-order valence-corrected chi connectivity index (χ0v) is 14.0. The van der Waals surface area contributed by atoms with Crippen molar-refractivity contribution in [2.45, 2.75) is 19.9 Å². The number of hydrogen-bond acceptors (Lipinski definition) is 3. The fourth-order valence-electron chi connectivity index (χ4n) is 2.07. The molecular formula is C20H19N3O2. The molecule has 0 saturated carbocycles. The van der Waals surface area contributed by atoms with Crippen LogP contribution in [0.4, 0.5) is 5.69 Å². The summed E-state index contributed by atoms with van der Waals surface area (Å²) in [5, 5.41) is 13.8. The van der Waals surface area contributed by atoms with Crippen molar-refractivity contribution in [3.63, 3.8) is 0 Å². The molecule has 0 saturated heterocycles. The van der Waals surface area contributed by atoms with Gasteiger partial charge in [-0.25, -0.2) is 0 Å². The lowest BCUT2D eigenvalue weighted by atomic mass is 10.1. The zero-order valence-electron chi connectivity index (χ0n) is 14.0. The first kappa shape index (κ1) is 18.0. The Balaban J connectivity index is 1.85. The quantitative estimate of drug-likeness (QED) is 0.797. The van der Waals surface area contributed by atoms with Gasteiger partial charge in [0.25, 0.3) is 0 Å². The summed E-state index contributed by atoms with van der Waals surface area (Å²) in [6.45, 7) is 2.36. The largest absolute Gasteiger partial charge is 0.351 e. The van der Waals surface area contributed by atoms with E-state index in [0.29, 0.717) is 12.2 Å². The fraction of sp³-hybridized carbons (Fsp3) is 0.150. The van der Waals surface area contributed by atoms with Crippen molar-refractivity contribution >= 4 is 23.6 Å². The second-order valence-electron chi connectivity index (χ2n) is 5.54. The van der Waals surface area contributed by atoms with Crippen LogP contribution in [0.5, 0.6) is 0 Å². The maximum Gasteiger partial charge on any atom is 0.248 e. The molecule has 126 valence electrons. The van der Waals surface area contributed by atoms with E-state index in [-0.39, 0.29) is 18.2 Å². The summed E-state index contributed by atoms with van der Waals surface area (Å²) in [4.78, 5) is 23.2. The van der Waals surface area contributed by atoms with Gasteiger partial charge in [-0.3, -0.25) is 9.59 Å². The molecule has 0 bridgehead atoms. The maximum atomic E-state index is 11.9. The van der Waals surface area contributed by atoms with E-state index in [1.54, 1.807) is 24.3 Å². The summed E-state index contributed by atoms with van der Waals surface area (Å²) in [6, 6.07) is 16.8. The Bertz CT molecular complexity index is 800. The normalized spacial score (nSPS) is 10.2. The minimum Gasteiger partial charge on any atom is -0.351 e. The van der Waals surface area contributed by atoms with Crippen LogP contribution >= 0.6 is 0 Å². The minimum atomic E-state index is -0.305.